The summed E-state index contributed by atoms with van der Waals surface area (Å²) >= 11 is 0. The molecule has 2 aliphatic heterocycles. The van der Waals surface area contributed by atoms with Crippen molar-refractivity contribution in [2.75, 3.05) is 25.0 Å². The van der Waals surface area contributed by atoms with Gasteiger partial charge in [-0.2, -0.15) is 0 Å². The molecule has 1 amide bonds. The zero-order valence-electron chi connectivity index (χ0n) is 12.9. The van der Waals surface area contributed by atoms with Crippen molar-refractivity contribution < 1.29 is 14.1 Å². The molecule has 0 bridgehead atoms. The van der Waals surface area contributed by atoms with Crippen LogP contribution < -0.4 is 4.90 Å². The van der Waals surface area contributed by atoms with Crippen molar-refractivity contribution in [3.63, 3.8) is 0 Å². The Balaban J connectivity index is 2.00. The number of carbonyl (C=O) groups excluding carboxylic acids is 1. The first-order valence-electron chi connectivity index (χ1n) is 7.50. The predicted molar refractivity (Wildman–Crippen MR) is 85.3 cm³/mol. The maximum atomic E-state index is 14.5. The van der Waals surface area contributed by atoms with Gasteiger partial charge in [-0.15, -0.1) is 0 Å². The van der Waals surface area contributed by atoms with Crippen molar-refractivity contribution in [3.8, 4) is 0 Å². The van der Waals surface area contributed by atoms with Crippen LogP contribution in [-0.4, -0.2) is 35.9 Å². The number of carbonyl (C=O) groups is 1. The third kappa shape index (κ3) is 1.88. The Morgan fingerprint density at radius 3 is 2.67 bits per heavy atom. The Bertz CT molecular complexity index is 885. The quantitative estimate of drug-likeness (QED) is 0.482. The SMILES string of the molecule is CN1C(=O)CN2CC2(c2ccccc2F)c2cc([N+](=O)[O-])ccc21. The second-order valence-corrected chi connectivity index (χ2v) is 6.11. The van der Waals surface area contributed by atoms with Gasteiger partial charge in [-0.3, -0.25) is 19.8 Å². The number of benzene rings is 2. The molecule has 4 rings (SSSR count). The summed E-state index contributed by atoms with van der Waals surface area (Å²) in [6.07, 6.45) is 0. The van der Waals surface area contributed by atoms with Crippen LogP contribution in [-0.2, 0) is 10.3 Å². The summed E-state index contributed by atoms with van der Waals surface area (Å²) in [5.41, 5.74) is 0.713. The average molecular weight is 327 g/mol. The number of anilines is 1. The molecule has 0 radical (unpaired) electrons. The molecule has 2 atom stereocenters. The van der Waals surface area contributed by atoms with Crippen LogP contribution >= 0.6 is 0 Å². The van der Waals surface area contributed by atoms with E-state index in [0.29, 0.717) is 23.4 Å². The van der Waals surface area contributed by atoms with E-state index in [2.05, 4.69) is 0 Å². The number of nitro benzene ring substituents is 1. The summed E-state index contributed by atoms with van der Waals surface area (Å²) in [6, 6.07) is 10.8. The first-order valence-corrected chi connectivity index (χ1v) is 7.50. The Morgan fingerprint density at radius 1 is 1.21 bits per heavy atom. The fourth-order valence-corrected chi connectivity index (χ4v) is 3.55. The van der Waals surface area contributed by atoms with Gasteiger partial charge in [0.05, 0.1) is 17.0 Å². The number of hydrogen-bond donors (Lipinski definition) is 0. The Morgan fingerprint density at radius 2 is 1.96 bits per heavy atom. The van der Waals surface area contributed by atoms with Crippen molar-refractivity contribution in [3.05, 3.63) is 69.5 Å². The van der Waals surface area contributed by atoms with Gasteiger partial charge in [0.25, 0.3) is 5.69 Å². The highest BCUT2D eigenvalue weighted by Crippen LogP contribution is 2.53. The lowest BCUT2D eigenvalue weighted by Gasteiger charge is -2.22. The van der Waals surface area contributed by atoms with Gasteiger partial charge in [0.1, 0.15) is 5.82 Å². The molecule has 0 N–H and O–H groups in total. The third-order valence-corrected chi connectivity index (χ3v) is 4.87. The highest BCUT2D eigenvalue weighted by atomic mass is 19.1. The molecule has 2 aliphatic rings. The summed E-state index contributed by atoms with van der Waals surface area (Å²) in [6.45, 7) is 0.606. The van der Waals surface area contributed by atoms with E-state index >= 15 is 0 Å². The summed E-state index contributed by atoms with van der Waals surface area (Å²) in [5, 5.41) is 11.2. The van der Waals surface area contributed by atoms with E-state index in [1.165, 1.54) is 23.1 Å². The highest BCUT2D eigenvalue weighted by molar-refractivity contribution is 5.97. The third-order valence-electron chi connectivity index (χ3n) is 4.87. The lowest BCUT2D eigenvalue weighted by atomic mass is 9.88. The first-order chi connectivity index (χ1) is 11.4. The van der Waals surface area contributed by atoms with Crippen molar-refractivity contribution in [1.82, 2.24) is 4.90 Å². The molecule has 122 valence electrons. The smallest absolute Gasteiger partial charge is 0.269 e. The normalized spacial score (nSPS) is 24.8. The van der Waals surface area contributed by atoms with Crippen LogP contribution in [0.3, 0.4) is 0 Å². The van der Waals surface area contributed by atoms with Crippen LogP contribution in [0.25, 0.3) is 0 Å². The molecule has 6 nitrogen and oxygen atoms in total. The van der Waals surface area contributed by atoms with Crippen LogP contribution in [0.5, 0.6) is 0 Å². The predicted octanol–water partition coefficient (Wildman–Crippen LogP) is 2.27. The lowest BCUT2D eigenvalue weighted by molar-refractivity contribution is -0.384. The zero-order chi connectivity index (χ0) is 17.1. The molecule has 0 aliphatic carbocycles. The van der Waals surface area contributed by atoms with Crippen LogP contribution in [0.2, 0.25) is 0 Å². The van der Waals surface area contributed by atoms with E-state index in [0.717, 1.165) is 0 Å². The topological polar surface area (TPSA) is 66.5 Å². The van der Waals surface area contributed by atoms with Gasteiger partial charge in [0.15, 0.2) is 0 Å². The minimum atomic E-state index is -0.826. The van der Waals surface area contributed by atoms with Gasteiger partial charge < -0.3 is 4.90 Å². The number of non-ortho nitro benzene ring substituents is 1. The fourth-order valence-electron chi connectivity index (χ4n) is 3.55. The van der Waals surface area contributed by atoms with E-state index in [-0.39, 0.29) is 24.0 Å². The van der Waals surface area contributed by atoms with Crippen LogP contribution in [0.4, 0.5) is 15.8 Å². The molecule has 2 aromatic carbocycles. The zero-order valence-corrected chi connectivity index (χ0v) is 12.9. The van der Waals surface area contributed by atoms with Gasteiger partial charge in [-0.05, 0) is 12.1 Å². The Labute approximate surface area is 137 Å². The number of likely N-dealkylation sites (N-methyl/N-ethyl adjacent to an activating group) is 1. The van der Waals surface area contributed by atoms with Gasteiger partial charge in [-0.1, -0.05) is 18.2 Å². The van der Waals surface area contributed by atoms with Crippen LogP contribution in [0, 0.1) is 15.9 Å². The number of nitrogens with zero attached hydrogens (tertiary/aromatic N) is 3. The maximum absolute atomic E-state index is 14.5. The average Bonchev–Trinajstić information content (AvgIpc) is 3.28. The highest BCUT2D eigenvalue weighted by Gasteiger charge is 2.59. The largest absolute Gasteiger partial charge is 0.314 e. The molecule has 0 saturated carbocycles. The Kier molecular flexibility index (Phi) is 2.98. The van der Waals surface area contributed by atoms with Crippen molar-refractivity contribution in [2.45, 2.75) is 5.54 Å². The molecule has 7 heteroatoms. The number of rotatable bonds is 2. The molecular weight excluding hydrogens is 313 g/mol. The van der Waals surface area contributed by atoms with E-state index < -0.39 is 10.5 Å². The van der Waals surface area contributed by atoms with E-state index in [4.69, 9.17) is 0 Å². The maximum Gasteiger partial charge on any atom is 0.269 e. The van der Waals surface area contributed by atoms with Crippen molar-refractivity contribution in [1.29, 1.82) is 0 Å². The lowest BCUT2D eigenvalue weighted by Crippen LogP contribution is -2.30. The first kappa shape index (κ1) is 14.8. The summed E-state index contributed by atoms with van der Waals surface area (Å²) in [7, 11) is 1.63. The summed E-state index contributed by atoms with van der Waals surface area (Å²) < 4.78 is 14.5. The minimum absolute atomic E-state index is 0.0703. The second-order valence-electron chi connectivity index (χ2n) is 6.11. The fraction of sp³-hybridized carbons (Fsp3) is 0.235. The summed E-state index contributed by atoms with van der Waals surface area (Å²) in [4.78, 5) is 26.4. The molecule has 24 heavy (non-hydrogen) atoms. The summed E-state index contributed by atoms with van der Waals surface area (Å²) in [5.74, 6) is -0.504. The second kappa shape index (κ2) is 4.85. The monoisotopic (exact) mass is 327 g/mol. The van der Waals surface area contributed by atoms with Gasteiger partial charge in [0, 0.05) is 42.5 Å². The molecule has 2 unspecified atom stereocenters. The van der Waals surface area contributed by atoms with Crippen molar-refractivity contribution >= 4 is 17.3 Å². The molecule has 2 heterocycles. The molecule has 0 aromatic heterocycles. The molecule has 1 fully saturated rings. The van der Waals surface area contributed by atoms with Crippen LogP contribution in [0.15, 0.2) is 42.5 Å². The van der Waals surface area contributed by atoms with Crippen LogP contribution in [0.1, 0.15) is 11.1 Å². The van der Waals surface area contributed by atoms with E-state index in [9.17, 15) is 19.3 Å². The number of fused-ring (bicyclic) bond motifs is 3. The number of amides is 1. The number of halogens is 1. The molecular formula is C17H14FN3O3. The van der Waals surface area contributed by atoms with Gasteiger partial charge >= 0.3 is 0 Å². The van der Waals surface area contributed by atoms with Gasteiger partial charge in [-0.25, -0.2) is 4.39 Å². The minimum Gasteiger partial charge on any atom is -0.314 e. The van der Waals surface area contributed by atoms with E-state index in [1.54, 1.807) is 31.3 Å². The van der Waals surface area contributed by atoms with Crippen molar-refractivity contribution in [2.24, 2.45) is 0 Å². The number of nitro groups is 1. The molecule has 1 saturated heterocycles. The Hall–Kier alpha value is -2.80. The van der Waals surface area contributed by atoms with Gasteiger partial charge in [0.2, 0.25) is 5.91 Å². The molecule has 2 aromatic rings. The molecule has 0 spiro atoms. The standard InChI is InChI=1S/C17H14FN3O3/c1-19-15-7-6-11(21(23)24)8-13(15)17(10-20(17)9-16(19)22)12-4-2-3-5-14(12)18/h2-8H,9-10H2,1H3. The number of hydrogen-bond acceptors (Lipinski definition) is 4. The van der Waals surface area contributed by atoms with E-state index in [1.807, 2.05) is 4.90 Å².